The largest absolute Gasteiger partial charge is 0.465 e. The van der Waals surface area contributed by atoms with E-state index in [0.29, 0.717) is 17.1 Å². The molecule has 0 aliphatic rings. The van der Waals surface area contributed by atoms with Crippen LogP contribution >= 0.6 is 22.6 Å². The van der Waals surface area contributed by atoms with E-state index in [-0.39, 0.29) is 11.8 Å². The van der Waals surface area contributed by atoms with Crippen molar-refractivity contribution in [3.63, 3.8) is 0 Å². The average Bonchev–Trinajstić information content (AvgIpc) is 2.64. The van der Waals surface area contributed by atoms with Crippen LogP contribution in [0.15, 0.2) is 48.5 Å². The molecule has 0 radical (unpaired) electrons. The molecule has 0 amide bonds. The van der Waals surface area contributed by atoms with E-state index in [0.717, 1.165) is 9.26 Å². The Balaban J connectivity index is 1.78. The second-order valence-corrected chi connectivity index (χ2v) is 6.82. The van der Waals surface area contributed by atoms with Gasteiger partial charge in [0.05, 0.1) is 12.7 Å². The van der Waals surface area contributed by atoms with Gasteiger partial charge in [-0.3, -0.25) is 0 Å². The summed E-state index contributed by atoms with van der Waals surface area (Å²) < 4.78 is 11.5. The van der Waals surface area contributed by atoms with Gasteiger partial charge in [-0.15, -0.1) is 0 Å². The molecule has 3 N–H and O–H groups in total. The third-order valence-corrected chi connectivity index (χ3v) is 4.82. The molecule has 0 saturated heterocycles. The first-order valence-corrected chi connectivity index (χ1v) is 9.06. The second kappa shape index (κ2) is 8.21. The van der Waals surface area contributed by atoms with Crippen molar-refractivity contribution >= 4 is 46.0 Å². The number of carbonyl (C=O) groups is 1. The van der Waals surface area contributed by atoms with Crippen LogP contribution in [0.5, 0.6) is 11.6 Å². The molecule has 27 heavy (non-hydrogen) atoms. The number of carbonyl (C=O) groups excluding carboxylic acids is 1. The highest BCUT2D eigenvalue weighted by Gasteiger charge is 2.08. The summed E-state index contributed by atoms with van der Waals surface area (Å²) in [4.78, 5) is 19.8. The minimum absolute atomic E-state index is 0.0861. The number of ether oxygens (including phenoxy) is 2. The Morgan fingerprint density at radius 1 is 1.11 bits per heavy atom. The maximum atomic E-state index is 11.5. The molecule has 0 aliphatic carbocycles. The molecule has 0 spiro atoms. The Morgan fingerprint density at radius 3 is 2.52 bits per heavy atom. The molecule has 3 aromatic rings. The van der Waals surface area contributed by atoms with E-state index in [4.69, 9.17) is 10.5 Å². The average molecular weight is 476 g/mol. The summed E-state index contributed by atoms with van der Waals surface area (Å²) in [5.74, 6) is 0.993. The number of methoxy groups -OCH3 is 1. The number of rotatable bonds is 5. The molecule has 0 aliphatic heterocycles. The lowest BCUT2D eigenvalue weighted by Gasteiger charge is -2.10. The first-order valence-electron chi connectivity index (χ1n) is 7.98. The lowest BCUT2D eigenvalue weighted by atomic mass is 10.2. The van der Waals surface area contributed by atoms with Crippen LogP contribution in [0.1, 0.15) is 15.9 Å². The molecule has 0 atom stereocenters. The number of aryl methyl sites for hydroxylation is 1. The standard InChI is InChI=1S/C19H17IN4O3/c1-11-3-6-13(9-15(11)20)22-16-10-17(24-19(21)23-16)27-14-7-4-12(5-8-14)18(25)26-2/h3-10H,1-2H3,(H3,21,22,23,24). The van der Waals surface area contributed by atoms with Crippen LogP contribution in [0.25, 0.3) is 0 Å². The summed E-state index contributed by atoms with van der Waals surface area (Å²) in [7, 11) is 1.33. The van der Waals surface area contributed by atoms with Crippen LogP contribution in [0.2, 0.25) is 0 Å². The molecule has 7 nitrogen and oxygen atoms in total. The van der Waals surface area contributed by atoms with Crippen LogP contribution in [0.3, 0.4) is 0 Å². The Bertz CT molecular complexity index is 977. The lowest BCUT2D eigenvalue weighted by molar-refractivity contribution is 0.0600. The van der Waals surface area contributed by atoms with Crippen molar-refractivity contribution in [2.24, 2.45) is 0 Å². The third-order valence-electron chi connectivity index (χ3n) is 3.66. The van der Waals surface area contributed by atoms with Gasteiger partial charge in [0.25, 0.3) is 0 Å². The Kier molecular flexibility index (Phi) is 5.75. The molecule has 138 valence electrons. The van der Waals surface area contributed by atoms with E-state index < -0.39 is 5.97 Å². The monoisotopic (exact) mass is 476 g/mol. The van der Waals surface area contributed by atoms with Crippen molar-refractivity contribution in [2.45, 2.75) is 6.92 Å². The fraction of sp³-hybridized carbons (Fsp3) is 0.105. The Labute approximate surface area is 170 Å². The number of nitrogens with two attached hydrogens (primary N) is 1. The van der Waals surface area contributed by atoms with Crippen molar-refractivity contribution in [1.29, 1.82) is 0 Å². The summed E-state index contributed by atoms with van der Waals surface area (Å²) in [6.07, 6.45) is 0. The van der Waals surface area contributed by atoms with E-state index in [1.807, 2.05) is 25.1 Å². The zero-order chi connectivity index (χ0) is 19.4. The minimum Gasteiger partial charge on any atom is -0.465 e. The maximum Gasteiger partial charge on any atom is 0.337 e. The Morgan fingerprint density at radius 2 is 1.85 bits per heavy atom. The number of nitrogens with zero attached hydrogens (tertiary/aromatic N) is 2. The molecule has 0 bridgehead atoms. The molecule has 0 fully saturated rings. The quantitative estimate of drug-likeness (QED) is 0.419. The highest BCUT2D eigenvalue weighted by Crippen LogP contribution is 2.25. The number of hydrogen-bond acceptors (Lipinski definition) is 7. The van der Waals surface area contributed by atoms with E-state index in [2.05, 4.69) is 42.6 Å². The van der Waals surface area contributed by atoms with Gasteiger partial charge in [0.15, 0.2) is 0 Å². The third kappa shape index (κ3) is 4.85. The van der Waals surface area contributed by atoms with Gasteiger partial charge in [-0.1, -0.05) is 6.07 Å². The van der Waals surface area contributed by atoms with Gasteiger partial charge in [-0.2, -0.15) is 9.97 Å². The van der Waals surface area contributed by atoms with Crippen LogP contribution in [0.4, 0.5) is 17.5 Å². The van der Waals surface area contributed by atoms with Gasteiger partial charge >= 0.3 is 5.97 Å². The predicted octanol–water partition coefficient (Wildman–Crippen LogP) is 4.29. The SMILES string of the molecule is COC(=O)c1ccc(Oc2cc(Nc3ccc(C)c(I)c3)nc(N)n2)cc1. The summed E-state index contributed by atoms with van der Waals surface area (Å²) >= 11 is 2.28. The van der Waals surface area contributed by atoms with E-state index in [1.165, 1.54) is 12.7 Å². The van der Waals surface area contributed by atoms with Crippen molar-refractivity contribution in [3.05, 3.63) is 63.2 Å². The molecule has 1 heterocycles. The number of aromatic nitrogens is 2. The Hall–Kier alpha value is -2.88. The minimum atomic E-state index is -0.410. The van der Waals surface area contributed by atoms with Crippen molar-refractivity contribution in [3.8, 4) is 11.6 Å². The number of halogens is 1. The van der Waals surface area contributed by atoms with E-state index in [9.17, 15) is 4.79 Å². The van der Waals surface area contributed by atoms with Crippen LogP contribution in [-0.4, -0.2) is 23.0 Å². The van der Waals surface area contributed by atoms with Gasteiger partial charge in [-0.05, 0) is 71.5 Å². The van der Waals surface area contributed by atoms with Gasteiger partial charge in [0.2, 0.25) is 11.8 Å². The summed E-state index contributed by atoms with van der Waals surface area (Å²) in [6.45, 7) is 2.05. The number of anilines is 3. The molecule has 3 rings (SSSR count). The fourth-order valence-electron chi connectivity index (χ4n) is 2.28. The number of benzene rings is 2. The zero-order valence-corrected chi connectivity index (χ0v) is 16.9. The highest BCUT2D eigenvalue weighted by molar-refractivity contribution is 14.1. The number of nitrogens with one attached hydrogen (secondary N) is 1. The molecule has 0 unspecified atom stereocenters. The zero-order valence-electron chi connectivity index (χ0n) is 14.7. The van der Waals surface area contributed by atoms with Crippen LogP contribution in [-0.2, 0) is 4.74 Å². The molecular formula is C19H17IN4O3. The van der Waals surface area contributed by atoms with Gasteiger partial charge in [0, 0.05) is 15.3 Å². The first-order chi connectivity index (χ1) is 12.9. The summed E-state index contributed by atoms with van der Waals surface area (Å²) in [6, 6.07) is 14.2. The van der Waals surface area contributed by atoms with Crippen LogP contribution < -0.4 is 15.8 Å². The van der Waals surface area contributed by atoms with Crippen LogP contribution in [0, 0.1) is 10.5 Å². The van der Waals surface area contributed by atoms with Crippen molar-refractivity contribution in [2.75, 3.05) is 18.2 Å². The summed E-state index contributed by atoms with van der Waals surface area (Å²) in [5, 5.41) is 3.19. The predicted molar refractivity (Wildman–Crippen MR) is 111 cm³/mol. The van der Waals surface area contributed by atoms with Gasteiger partial charge in [0.1, 0.15) is 11.6 Å². The van der Waals surface area contributed by atoms with Crippen molar-refractivity contribution in [1.82, 2.24) is 9.97 Å². The first kappa shape index (κ1) is 18.9. The topological polar surface area (TPSA) is 99.4 Å². The number of nitrogen functional groups attached to an aromatic ring is 1. The van der Waals surface area contributed by atoms with Crippen molar-refractivity contribution < 1.29 is 14.3 Å². The molecule has 8 heteroatoms. The number of hydrogen-bond donors (Lipinski definition) is 2. The van der Waals surface area contributed by atoms with Gasteiger partial charge in [-0.25, -0.2) is 4.79 Å². The second-order valence-electron chi connectivity index (χ2n) is 5.66. The molecular weight excluding hydrogens is 459 g/mol. The lowest BCUT2D eigenvalue weighted by Crippen LogP contribution is -2.02. The molecule has 2 aromatic carbocycles. The fourth-order valence-corrected chi connectivity index (χ4v) is 2.79. The molecule has 1 aromatic heterocycles. The molecule has 0 saturated carbocycles. The normalized spacial score (nSPS) is 10.3. The van der Waals surface area contributed by atoms with E-state index in [1.54, 1.807) is 30.3 Å². The number of esters is 1. The van der Waals surface area contributed by atoms with Gasteiger partial charge < -0.3 is 20.5 Å². The smallest absolute Gasteiger partial charge is 0.337 e. The van der Waals surface area contributed by atoms with E-state index >= 15 is 0 Å². The maximum absolute atomic E-state index is 11.5. The highest BCUT2D eigenvalue weighted by atomic mass is 127. The summed E-state index contributed by atoms with van der Waals surface area (Å²) in [5.41, 5.74) is 8.31.